The van der Waals surface area contributed by atoms with E-state index in [-0.39, 0.29) is 10.8 Å². The van der Waals surface area contributed by atoms with Crippen LogP contribution in [0.25, 0.3) is 0 Å². The number of nitrogens with zero attached hydrogens (tertiary/aromatic N) is 1. The van der Waals surface area contributed by atoms with Crippen molar-refractivity contribution in [2.75, 3.05) is 0 Å². The van der Waals surface area contributed by atoms with E-state index < -0.39 is 0 Å². The van der Waals surface area contributed by atoms with Crippen LogP contribution in [0.1, 0.15) is 64.7 Å². The summed E-state index contributed by atoms with van der Waals surface area (Å²) in [5.74, 6) is 0. The quantitative estimate of drug-likeness (QED) is 0.612. The lowest BCUT2D eigenvalue weighted by atomic mass is 9.74. The fourth-order valence-electron chi connectivity index (χ4n) is 2.58. The maximum atomic E-state index is 4.57. The number of hydrogen-bond donors (Lipinski definition) is 0. The van der Waals surface area contributed by atoms with Gasteiger partial charge >= 0.3 is 0 Å². The van der Waals surface area contributed by atoms with Gasteiger partial charge in [-0.25, -0.2) is 0 Å². The standard InChI is InChI=1S/C17H25N/c1-16(2,3)13-10-12-8-7-9-18-15(12)11-14(13)17(4,5)6/h9-11H,7-8H2,1-6H3. The first-order valence-corrected chi connectivity index (χ1v) is 6.90. The molecular weight excluding hydrogens is 218 g/mol. The molecule has 0 amide bonds. The normalized spacial score (nSPS) is 15.7. The van der Waals surface area contributed by atoms with Gasteiger partial charge in [-0.2, -0.15) is 0 Å². The van der Waals surface area contributed by atoms with Crippen LogP contribution in [0.15, 0.2) is 17.1 Å². The minimum Gasteiger partial charge on any atom is -0.261 e. The Morgan fingerprint density at radius 2 is 1.44 bits per heavy atom. The SMILES string of the molecule is CC(C)(C)c1cc2c(cc1C(C)(C)C)N=CCC2. The number of hydrogen-bond acceptors (Lipinski definition) is 1. The summed E-state index contributed by atoms with van der Waals surface area (Å²) in [7, 11) is 0. The summed E-state index contributed by atoms with van der Waals surface area (Å²) in [6, 6.07) is 4.71. The first kappa shape index (κ1) is 13.3. The maximum absolute atomic E-state index is 4.57. The van der Waals surface area contributed by atoms with E-state index in [1.54, 1.807) is 0 Å². The van der Waals surface area contributed by atoms with Crippen molar-refractivity contribution in [3.05, 3.63) is 28.8 Å². The zero-order chi connectivity index (χ0) is 13.6. The Hall–Kier alpha value is -1.11. The minimum absolute atomic E-state index is 0.171. The van der Waals surface area contributed by atoms with Gasteiger partial charge in [0.25, 0.3) is 0 Å². The molecule has 0 fully saturated rings. The molecule has 98 valence electrons. The Balaban J connectivity index is 2.67. The second-order valence-corrected chi connectivity index (χ2v) is 7.38. The lowest BCUT2D eigenvalue weighted by Crippen LogP contribution is -2.22. The van der Waals surface area contributed by atoms with Crippen molar-refractivity contribution < 1.29 is 0 Å². The van der Waals surface area contributed by atoms with Gasteiger partial charge in [0.15, 0.2) is 0 Å². The van der Waals surface area contributed by atoms with E-state index in [1.165, 1.54) is 22.4 Å². The molecule has 0 saturated heterocycles. The monoisotopic (exact) mass is 243 g/mol. The van der Waals surface area contributed by atoms with E-state index in [2.05, 4.69) is 58.7 Å². The summed E-state index contributed by atoms with van der Waals surface area (Å²) < 4.78 is 0. The van der Waals surface area contributed by atoms with Crippen molar-refractivity contribution in [3.63, 3.8) is 0 Å². The molecular formula is C17H25N. The number of aryl methyl sites for hydroxylation is 1. The summed E-state index contributed by atoms with van der Waals surface area (Å²) in [6.07, 6.45) is 4.25. The highest BCUT2D eigenvalue weighted by Crippen LogP contribution is 2.39. The molecule has 2 rings (SSSR count). The molecule has 0 saturated carbocycles. The number of benzene rings is 1. The molecule has 0 aliphatic carbocycles. The van der Waals surface area contributed by atoms with E-state index in [4.69, 9.17) is 0 Å². The van der Waals surface area contributed by atoms with Gasteiger partial charge in [0.2, 0.25) is 0 Å². The summed E-state index contributed by atoms with van der Waals surface area (Å²) >= 11 is 0. The summed E-state index contributed by atoms with van der Waals surface area (Å²) in [5, 5.41) is 0. The summed E-state index contributed by atoms with van der Waals surface area (Å²) in [5.41, 5.74) is 5.87. The summed E-state index contributed by atoms with van der Waals surface area (Å²) in [6.45, 7) is 13.8. The van der Waals surface area contributed by atoms with Crippen molar-refractivity contribution in [1.29, 1.82) is 0 Å². The van der Waals surface area contributed by atoms with Crippen molar-refractivity contribution >= 4 is 11.9 Å². The van der Waals surface area contributed by atoms with Gasteiger partial charge in [0.05, 0.1) is 5.69 Å². The van der Waals surface area contributed by atoms with Crippen LogP contribution < -0.4 is 0 Å². The third-order valence-corrected chi connectivity index (χ3v) is 3.61. The van der Waals surface area contributed by atoms with E-state index in [0.29, 0.717) is 0 Å². The minimum atomic E-state index is 0.171. The molecule has 18 heavy (non-hydrogen) atoms. The van der Waals surface area contributed by atoms with Crippen molar-refractivity contribution in [1.82, 2.24) is 0 Å². The van der Waals surface area contributed by atoms with Crippen LogP contribution in [0.4, 0.5) is 5.69 Å². The van der Waals surface area contributed by atoms with Crippen molar-refractivity contribution in [2.45, 2.75) is 65.2 Å². The predicted octanol–water partition coefficient (Wildman–Crippen LogP) is 4.93. The third kappa shape index (κ3) is 2.50. The number of fused-ring (bicyclic) bond motifs is 1. The van der Waals surface area contributed by atoms with E-state index in [1.807, 2.05) is 6.21 Å². The molecule has 0 atom stereocenters. The molecule has 1 aliphatic heterocycles. The average Bonchev–Trinajstić information content (AvgIpc) is 2.25. The third-order valence-electron chi connectivity index (χ3n) is 3.61. The van der Waals surface area contributed by atoms with Gasteiger partial charge in [0, 0.05) is 6.21 Å². The van der Waals surface area contributed by atoms with Crippen LogP contribution in [0.5, 0.6) is 0 Å². The van der Waals surface area contributed by atoms with Crippen LogP contribution in [0.3, 0.4) is 0 Å². The van der Waals surface area contributed by atoms with Gasteiger partial charge in [-0.15, -0.1) is 0 Å². The molecule has 1 heterocycles. The van der Waals surface area contributed by atoms with Crippen LogP contribution in [-0.4, -0.2) is 6.21 Å². The molecule has 1 aliphatic rings. The maximum Gasteiger partial charge on any atom is 0.0660 e. The average molecular weight is 243 g/mol. The van der Waals surface area contributed by atoms with Crippen LogP contribution in [-0.2, 0) is 17.3 Å². The molecule has 0 unspecified atom stereocenters. The van der Waals surface area contributed by atoms with Gasteiger partial charge in [0.1, 0.15) is 0 Å². The van der Waals surface area contributed by atoms with Gasteiger partial charge in [-0.05, 0) is 46.4 Å². The second kappa shape index (κ2) is 4.22. The predicted molar refractivity (Wildman–Crippen MR) is 80.3 cm³/mol. The second-order valence-electron chi connectivity index (χ2n) is 7.38. The highest BCUT2D eigenvalue weighted by molar-refractivity contribution is 5.70. The smallest absolute Gasteiger partial charge is 0.0660 e. The van der Waals surface area contributed by atoms with Gasteiger partial charge in [-0.3, -0.25) is 4.99 Å². The number of aliphatic imine (C=N–C) groups is 1. The first-order valence-electron chi connectivity index (χ1n) is 6.90. The topological polar surface area (TPSA) is 12.4 Å². The molecule has 0 bridgehead atoms. The zero-order valence-corrected chi connectivity index (χ0v) is 12.6. The van der Waals surface area contributed by atoms with Gasteiger partial charge in [-0.1, -0.05) is 47.6 Å². The lowest BCUT2D eigenvalue weighted by molar-refractivity contribution is 0.529. The van der Waals surface area contributed by atoms with Crippen LogP contribution in [0.2, 0.25) is 0 Å². The van der Waals surface area contributed by atoms with Crippen molar-refractivity contribution in [2.24, 2.45) is 4.99 Å². The largest absolute Gasteiger partial charge is 0.261 e. The van der Waals surface area contributed by atoms with Gasteiger partial charge < -0.3 is 0 Å². The Morgan fingerprint density at radius 3 is 2.00 bits per heavy atom. The molecule has 1 heteroatoms. The highest BCUT2D eigenvalue weighted by Gasteiger charge is 2.26. The highest BCUT2D eigenvalue weighted by atomic mass is 14.7. The molecule has 1 aromatic rings. The van der Waals surface area contributed by atoms with Crippen molar-refractivity contribution in [3.8, 4) is 0 Å². The lowest BCUT2D eigenvalue weighted by Gasteiger charge is -2.31. The van der Waals surface area contributed by atoms with E-state index in [0.717, 1.165) is 12.8 Å². The Kier molecular flexibility index (Phi) is 3.12. The van der Waals surface area contributed by atoms with E-state index >= 15 is 0 Å². The molecule has 0 spiro atoms. The van der Waals surface area contributed by atoms with E-state index in [9.17, 15) is 0 Å². The fraction of sp³-hybridized carbons (Fsp3) is 0.588. The molecule has 0 N–H and O–H groups in total. The first-order chi connectivity index (χ1) is 8.19. The summed E-state index contributed by atoms with van der Waals surface area (Å²) in [4.78, 5) is 4.57. The zero-order valence-electron chi connectivity index (χ0n) is 12.6. The molecule has 0 radical (unpaired) electrons. The van der Waals surface area contributed by atoms with Crippen LogP contribution in [0, 0.1) is 0 Å². The Bertz CT molecular complexity index is 482. The fourth-order valence-corrected chi connectivity index (χ4v) is 2.58. The molecule has 1 aromatic carbocycles. The molecule has 0 aromatic heterocycles. The Labute approximate surface area is 111 Å². The number of rotatable bonds is 0. The Morgan fingerprint density at radius 1 is 0.889 bits per heavy atom. The van der Waals surface area contributed by atoms with Crippen LogP contribution >= 0.6 is 0 Å². The molecule has 1 nitrogen and oxygen atoms in total.